The summed E-state index contributed by atoms with van der Waals surface area (Å²) in [4.78, 5) is 10.2. The summed E-state index contributed by atoms with van der Waals surface area (Å²) < 4.78 is 4.18. The quantitative estimate of drug-likeness (QED) is 0.273. The molecule has 1 N–H and O–H groups in total. The highest BCUT2D eigenvalue weighted by Crippen LogP contribution is 1.73. The summed E-state index contributed by atoms with van der Waals surface area (Å²) in [6.07, 6.45) is -0.774. The number of hydrogen-bond acceptors (Lipinski definition) is 3. The summed E-state index contributed by atoms with van der Waals surface area (Å²) in [5.74, 6) is 3.67. The van der Waals surface area contributed by atoms with Crippen LogP contribution in [0.2, 0.25) is 0 Å². The molecule has 0 fully saturated rings. The molecular formula is C6H8O3. The van der Waals surface area contributed by atoms with Gasteiger partial charge in [0.1, 0.15) is 6.10 Å². The topological polar surface area (TPSA) is 46.5 Å². The monoisotopic (exact) mass is 128 g/mol. The number of hydrogen-bond donors (Lipinski definition) is 1. The molecule has 0 radical (unpaired) electrons. The number of ether oxygens (including phenoxy) is 1. The number of carbonyl (C=O) groups is 1. The van der Waals surface area contributed by atoms with Crippen LogP contribution >= 0.6 is 0 Å². The van der Waals surface area contributed by atoms with E-state index in [0.717, 1.165) is 0 Å². The van der Waals surface area contributed by atoms with Crippen molar-refractivity contribution in [3.8, 4) is 11.8 Å². The minimum atomic E-state index is -0.774. The van der Waals surface area contributed by atoms with Crippen molar-refractivity contribution in [1.29, 1.82) is 0 Å². The molecule has 0 aliphatic rings. The number of carbonyl (C=O) groups excluding carboxylic acids is 1. The van der Waals surface area contributed by atoms with E-state index in [0.29, 0.717) is 0 Å². The van der Waals surface area contributed by atoms with Crippen molar-refractivity contribution < 1.29 is 14.6 Å². The first kappa shape index (κ1) is 7.99. The number of esters is 1. The van der Waals surface area contributed by atoms with Crippen LogP contribution in [0.25, 0.3) is 0 Å². The first-order chi connectivity index (χ1) is 4.16. The lowest BCUT2D eigenvalue weighted by Crippen LogP contribution is -1.98. The third kappa shape index (κ3) is 4.85. The van der Waals surface area contributed by atoms with Crippen LogP contribution in [0.3, 0.4) is 0 Å². The minimum Gasteiger partial charge on any atom is -0.459 e. The van der Waals surface area contributed by atoms with E-state index in [2.05, 4.69) is 16.6 Å². The lowest BCUT2D eigenvalue weighted by atomic mass is 10.4. The van der Waals surface area contributed by atoms with Crippen LogP contribution < -0.4 is 0 Å². The van der Waals surface area contributed by atoms with Crippen LogP contribution in [-0.4, -0.2) is 24.3 Å². The molecule has 0 saturated heterocycles. The Labute approximate surface area is 53.6 Å². The van der Waals surface area contributed by atoms with Gasteiger partial charge in [-0.15, -0.1) is 0 Å². The molecular weight excluding hydrogens is 120 g/mol. The van der Waals surface area contributed by atoms with E-state index in [1.54, 1.807) is 0 Å². The predicted molar refractivity (Wildman–Crippen MR) is 31.5 cm³/mol. The lowest BCUT2D eigenvalue weighted by molar-refractivity contribution is -0.133. The van der Waals surface area contributed by atoms with Crippen LogP contribution in [0.5, 0.6) is 0 Å². The second-order valence-electron chi connectivity index (χ2n) is 1.44. The van der Waals surface area contributed by atoms with Crippen LogP contribution in [0.1, 0.15) is 6.92 Å². The van der Waals surface area contributed by atoms with Crippen LogP contribution in [0.4, 0.5) is 0 Å². The van der Waals surface area contributed by atoms with E-state index in [1.165, 1.54) is 14.0 Å². The lowest BCUT2D eigenvalue weighted by Gasteiger charge is -1.87. The second kappa shape index (κ2) is 3.93. The average Bonchev–Trinajstić information content (AvgIpc) is 1.83. The summed E-state index contributed by atoms with van der Waals surface area (Å²) in [5, 5.41) is 8.52. The molecule has 0 amide bonds. The van der Waals surface area contributed by atoms with Crippen molar-refractivity contribution in [2.75, 3.05) is 7.11 Å². The van der Waals surface area contributed by atoms with Gasteiger partial charge in [0.15, 0.2) is 0 Å². The van der Waals surface area contributed by atoms with Gasteiger partial charge < -0.3 is 9.84 Å². The molecule has 0 unspecified atom stereocenters. The Balaban J connectivity index is 3.73. The van der Waals surface area contributed by atoms with Crippen molar-refractivity contribution in [3.63, 3.8) is 0 Å². The Morgan fingerprint density at radius 3 is 2.67 bits per heavy atom. The zero-order valence-electron chi connectivity index (χ0n) is 5.34. The highest BCUT2D eigenvalue weighted by molar-refractivity contribution is 5.88. The third-order valence-electron chi connectivity index (χ3n) is 0.569. The Morgan fingerprint density at radius 1 is 1.78 bits per heavy atom. The average molecular weight is 128 g/mol. The minimum absolute atomic E-state index is 0.629. The first-order valence-corrected chi connectivity index (χ1v) is 2.44. The Morgan fingerprint density at radius 2 is 2.33 bits per heavy atom. The molecule has 0 saturated carbocycles. The summed E-state index contributed by atoms with van der Waals surface area (Å²) in [6.45, 7) is 1.47. The van der Waals surface area contributed by atoms with E-state index in [-0.39, 0.29) is 0 Å². The summed E-state index contributed by atoms with van der Waals surface area (Å²) in [7, 11) is 1.24. The fourth-order valence-corrected chi connectivity index (χ4v) is 0.214. The molecule has 0 bridgehead atoms. The van der Waals surface area contributed by atoms with Crippen LogP contribution in [0.15, 0.2) is 0 Å². The first-order valence-electron chi connectivity index (χ1n) is 2.44. The van der Waals surface area contributed by atoms with Crippen LogP contribution in [0, 0.1) is 11.8 Å². The van der Waals surface area contributed by atoms with E-state index in [4.69, 9.17) is 5.11 Å². The zero-order chi connectivity index (χ0) is 7.28. The highest BCUT2D eigenvalue weighted by Gasteiger charge is 1.89. The van der Waals surface area contributed by atoms with Gasteiger partial charge in [0.05, 0.1) is 7.11 Å². The number of aliphatic hydroxyl groups excluding tert-OH is 1. The number of methoxy groups -OCH3 is 1. The maximum atomic E-state index is 10.2. The SMILES string of the molecule is COC(=O)C#C[C@H](C)O. The van der Waals surface area contributed by atoms with Gasteiger partial charge in [-0.3, -0.25) is 0 Å². The van der Waals surface area contributed by atoms with Gasteiger partial charge in [-0.2, -0.15) is 0 Å². The molecule has 0 aliphatic carbocycles. The molecule has 0 rings (SSSR count). The van der Waals surface area contributed by atoms with Crippen molar-refractivity contribution in [2.24, 2.45) is 0 Å². The Hall–Kier alpha value is -1.01. The molecule has 0 aromatic carbocycles. The molecule has 0 aromatic heterocycles. The van der Waals surface area contributed by atoms with Crippen molar-refractivity contribution >= 4 is 5.97 Å². The van der Waals surface area contributed by atoms with Crippen molar-refractivity contribution in [2.45, 2.75) is 13.0 Å². The molecule has 0 spiro atoms. The number of aliphatic hydroxyl groups is 1. The van der Waals surface area contributed by atoms with Gasteiger partial charge in [-0.1, -0.05) is 5.92 Å². The number of rotatable bonds is 0. The van der Waals surface area contributed by atoms with Crippen molar-refractivity contribution in [3.05, 3.63) is 0 Å². The molecule has 1 atom stereocenters. The van der Waals surface area contributed by atoms with E-state index in [1.807, 2.05) is 0 Å². The molecule has 3 heteroatoms. The molecule has 9 heavy (non-hydrogen) atoms. The molecule has 50 valence electrons. The van der Waals surface area contributed by atoms with E-state index >= 15 is 0 Å². The largest absolute Gasteiger partial charge is 0.459 e. The van der Waals surface area contributed by atoms with E-state index < -0.39 is 12.1 Å². The van der Waals surface area contributed by atoms with Crippen molar-refractivity contribution in [1.82, 2.24) is 0 Å². The molecule has 0 heterocycles. The molecule has 0 aliphatic heterocycles. The third-order valence-corrected chi connectivity index (χ3v) is 0.569. The summed E-state index contributed by atoms with van der Waals surface area (Å²) in [6, 6.07) is 0. The maximum absolute atomic E-state index is 10.2. The van der Waals surface area contributed by atoms with E-state index in [9.17, 15) is 4.79 Å². The standard InChI is InChI=1S/C6H8O3/c1-5(7)3-4-6(8)9-2/h5,7H,1-2H3/t5-/m0/s1. The van der Waals surface area contributed by atoms with Gasteiger partial charge in [0, 0.05) is 5.92 Å². The maximum Gasteiger partial charge on any atom is 0.384 e. The van der Waals surface area contributed by atoms with Gasteiger partial charge >= 0.3 is 5.97 Å². The smallest absolute Gasteiger partial charge is 0.384 e. The predicted octanol–water partition coefficient (Wildman–Crippen LogP) is -0.456. The molecule has 3 nitrogen and oxygen atoms in total. The van der Waals surface area contributed by atoms with Gasteiger partial charge in [0.2, 0.25) is 0 Å². The normalized spacial score (nSPS) is 11.0. The van der Waals surface area contributed by atoms with Gasteiger partial charge in [0.25, 0.3) is 0 Å². The Bertz CT molecular complexity index is 149. The van der Waals surface area contributed by atoms with Gasteiger partial charge in [-0.05, 0) is 6.92 Å². The fraction of sp³-hybridized carbons (Fsp3) is 0.500. The summed E-state index contributed by atoms with van der Waals surface area (Å²) in [5.41, 5.74) is 0. The molecule has 0 aromatic rings. The highest BCUT2D eigenvalue weighted by atomic mass is 16.5. The summed E-state index contributed by atoms with van der Waals surface area (Å²) >= 11 is 0. The van der Waals surface area contributed by atoms with Crippen LogP contribution in [-0.2, 0) is 9.53 Å². The fourth-order valence-electron chi connectivity index (χ4n) is 0.214. The second-order valence-corrected chi connectivity index (χ2v) is 1.44. The van der Waals surface area contributed by atoms with Gasteiger partial charge in [-0.25, -0.2) is 4.79 Å². The Kier molecular flexibility index (Phi) is 3.49. The zero-order valence-corrected chi connectivity index (χ0v) is 5.34.